The lowest BCUT2D eigenvalue weighted by Gasteiger charge is -2.19. The lowest BCUT2D eigenvalue weighted by molar-refractivity contribution is 0.364. The Labute approximate surface area is 50.0 Å². The second-order valence-corrected chi connectivity index (χ2v) is 1.99. The van der Waals surface area contributed by atoms with Crippen molar-refractivity contribution >= 4 is 0 Å². The Bertz CT molecular complexity index is 75.7. The van der Waals surface area contributed by atoms with E-state index in [1.807, 2.05) is 20.9 Å². The van der Waals surface area contributed by atoms with Crippen LogP contribution < -0.4 is 5.32 Å². The van der Waals surface area contributed by atoms with E-state index in [0.29, 0.717) is 0 Å². The molecule has 0 aliphatic rings. The van der Waals surface area contributed by atoms with Gasteiger partial charge in [0.05, 0.1) is 0 Å². The summed E-state index contributed by atoms with van der Waals surface area (Å²) in [5, 5.41) is 6.32. The Kier molecular flexibility index (Phi) is 2.62. The maximum Gasteiger partial charge on any atom is 0.128 e. The first-order chi connectivity index (χ1) is 3.68. The number of rotatable bonds is 3. The van der Waals surface area contributed by atoms with Crippen molar-refractivity contribution in [1.82, 2.24) is 5.32 Å². The van der Waals surface area contributed by atoms with E-state index < -0.39 is 0 Å². The van der Waals surface area contributed by atoms with E-state index in [2.05, 4.69) is 10.4 Å². The molecule has 0 rings (SSSR count). The Morgan fingerprint density at radius 3 is 2.25 bits per heavy atom. The molecule has 3 nitrogen and oxygen atoms in total. The minimum absolute atomic E-state index is 0.333. The van der Waals surface area contributed by atoms with E-state index in [1.165, 1.54) is 0 Å². The maximum absolute atomic E-state index is 6.72. The highest BCUT2D eigenvalue weighted by atomic mass is 15.2. The molecule has 0 aromatic carbocycles. The molecule has 0 bridgehead atoms. The van der Waals surface area contributed by atoms with Crippen LogP contribution >= 0.6 is 0 Å². The van der Waals surface area contributed by atoms with Gasteiger partial charge in [-0.1, -0.05) is 6.92 Å². The van der Waals surface area contributed by atoms with Gasteiger partial charge in [0.25, 0.3) is 0 Å². The zero-order chi connectivity index (χ0) is 6.62. The van der Waals surface area contributed by atoms with E-state index >= 15 is 0 Å². The molecule has 8 heavy (non-hydrogen) atoms. The molecule has 0 saturated carbocycles. The van der Waals surface area contributed by atoms with Crippen molar-refractivity contribution in [3.8, 4) is 0 Å². The average molecular weight is 115 g/mol. The quantitative estimate of drug-likeness (QED) is 0.536. The van der Waals surface area contributed by atoms with Gasteiger partial charge in [-0.3, -0.25) is 5.32 Å². The molecule has 0 spiro atoms. The van der Waals surface area contributed by atoms with Gasteiger partial charge in [0, 0.05) is 0 Å². The van der Waals surface area contributed by atoms with Gasteiger partial charge in [0.2, 0.25) is 0 Å². The molecule has 0 aliphatic carbocycles. The van der Waals surface area contributed by atoms with Gasteiger partial charge >= 0.3 is 0 Å². The molecule has 0 aliphatic heterocycles. The summed E-state index contributed by atoms with van der Waals surface area (Å²) in [7, 11) is 1.81. The van der Waals surface area contributed by atoms with Crippen LogP contribution in [0, 0.1) is 5.53 Å². The van der Waals surface area contributed by atoms with E-state index in [9.17, 15) is 0 Å². The van der Waals surface area contributed by atoms with Crippen LogP contribution in [-0.4, -0.2) is 12.7 Å². The van der Waals surface area contributed by atoms with Crippen molar-refractivity contribution in [2.75, 3.05) is 7.05 Å². The van der Waals surface area contributed by atoms with Crippen molar-refractivity contribution in [2.45, 2.75) is 25.9 Å². The van der Waals surface area contributed by atoms with Crippen LogP contribution in [0.15, 0.2) is 5.11 Å². The molecule has 1 unspecified atom stereocenters. The van der Waals surface area contributed by atoms with Gasteiger partial charge in [-0.15, -0.1) is 0 Å². The molecule has 48 valence electrons. The fraction of sp³-hybridized carbons (Fsp3) is 1.00. The SMILES string of the molecule is CCC(C)(N=N)NC. The van der Waals surface area contributed by atoms with Crippen molar-refractivity contribution in [2.24, 2.45) is 5.11 Å². The smallest absolute Gasteiger partial charge is 0.128 e. The zero-order valence-corrected chi connectivity index (χ0v) is 5.65. The number of nitrogens with one attached hydrogen (secondary N) is 2. The van der Waals surface area contributed by atoms with Crippen LogP contribution in [0.1, 0.15) is 20.3 Å². The maximum atomic E-state index is 6.72. The molecule has 2 N–H and O–H groups in total. The molecule has 0 heterocycles. The fourth-order valence-corrected chi connectivity index (χ4v) is 0.312. The van der Waals surface area contributed by atoms with Crippen LogP contribution in [0.3, 0.4) is 0 Å². The molecule has 0 aromatic heterocycles. The third kappa shape index (κ3) is 1.58. The first-order valence-corrected chi connectivity index (χ1v) is 2.76. The Morgan fingerprint density at radius 1 is 1.75 bits per heavy atom. The topological polar surface area (TPSA) is 48.2 Å². The molecule has 1 atom stereocenters. The second-order valence-electron chi connectivity index (χ2n) is 1.99. The number of hydrogen-bond donors (Lipinski definition) is 2. The molecule has 3 heteroatoms. The summed E-state index contributed by atoms with van der Waals surface area (Å²) in [6.45, 7) is 3.88. The van der Waals surface area contributed by atoms with Crippen LogP contribution in [0.2, 0.25) is 0 Å². The Morgan fingerprint density at radius 2 is 2.25 bits per heavy atom. The van der Waals surface area contributed by atoms with Gasteiger partial charge in [-0.2, -0.15) is 5.11 Å². The summed E-state index contributed by atoms with van der Waals surface area (Å²) < 4.78 is 0. The standard InChI is InChI=1S/C5H13N3/c1-4-5(2,7-3)8-6/h6-7H,4H2,1-3H3. The molecular weight excluding hydrogens is 102 g/mol. The van der Waals surface area contributed by atoms with Crippen LogP contribution in [0.5, 0.6) is 0 Å². The third-order valence-corrected chi connectivity index (χ3v) is 1.47. The average Bonchev–Trinajstić information content (AvgIpc) is 1.87. The summed E-state index contributed by atoms with van der Waals surface area (Å²) in [6, 6.07) is 0. The minimum Gasteiger partial charge on any atom is -0.295 e. The van der Waals surface area contributed by atoms with E-state index in [1.54, 1.807) is 0 Å². The van der Waals surface area contributed by atoms with Crippen LogP contribution in [0.4, 0.5) is 0 Å². The van der Waals surface area contributed by atoms with Crippen LogP contribution in [-0.2, 0) is 0 Å². The highest BCUT2D eigenvalue weighted by molar-refractivity contribution is 4.72. The van der Waals surface area contributed by atoms with Gasteiger partial charge in [0.1, 0.15) is 5.66 Å². The highest BCUT2D eigenvalue weighted by Gasteiger charge is 2.15. The largest absolute Gasteiger partial charge is 0.295 e. The summed E-state index contributed by atoms with van der Waals surface area (Å²) in [6.07, 6.45) is 0.854. The lowest BCUT2D eigenvalue weighted by atomic mass is 10.2. The van der Waals surface area contributed by atoms with E-state index in [-0.39, 0.29) is 5.66 Å². The predicted octanol–water partition coefficient (Wildman–Crippen LogP) is 1.36. The molecule has 0 radical (unpaired) electrons. The fourth-order valence-electron chi connectivity index (χ4n) is 0.312. The minimum atomic E-state index is -0.333. The Hall–Kier alpha value is -0.440. The van der Waals surface area contributed by atoms with Gasteiger partial charge in [0.15, 0.2) is 0 Å². The highest BCUT2D eigenvalue weighted by Crippen LogP contribution is 2.07. The summed E-state index contributed by atoms with van der Waals surface area (Å²) in [5.41, 5.74) is 6.39. The Balaban J connectivity index is 3.76. The first-order valence-electron chi connectivity index (χ1n) is 2.76. The van der Waals surface area contributed by atoms with Crippen molar-refractivity contribution in [3.63, 3.8) is 0 Å². The summed E-state index contributed by atoms with van der Waals surface area (Å²) in [5.74, 6) is 0. The zero-order valence-electron chi connectivity index (χ0n) is 5.65. The molecular formula is C5H13N3. The number of hydrogen-bond acceptors (Lipinski definition) is 3. The van der Waals surface area contributed by atoms with Gasteiger partial charge in [-0.05, 0) is 20.4 Å². The predicted molar refractivity (Wildman–Crippen MR) is 32.9 cm³/mol. The molecule has 0 saturated heterocycles. The lowest BCUT2D eigenvalue weighted by Crippen LogP contribution is -2.35. The van der Waals surface area contributed by atoms with Crippen LogP contribution in [0.25, 0.3) is 0 Å². The van der Waals surface area contributed by atoms with E-state index in [0.717, 1.165) is 6.42 Å². The van der Waals surface area contributed by atoms with Crippen molar-refractivity contribution < 1.29 is 0 Å². The molecule has 0 aromatic rings. The molecule has 0 amide bonds. The summed E-state index contributed by atoms with van der Waals surface area (Å²) in [4.78, 5) is 0. The van der Waals surface area contributed by atoms with Gasteiger partial charge < -0.3 is 0 Å². The van der Waals surface area contributed by atoms with Crippen molar-refractivity contribution in [3.05, 3.63) is 0 Å². The first kappa shape index (κ1) is 7.56. The van der Waals surface area contributed by atoms with Crippen molar-refractivity contribution in [1.29, 1.82) is 5.53 Å². The molecule has 0 fully saturated rings. The van der Waals surface area contributed by atoms with Gasteiger partial charge in [-0.25, -0.2) is 5.53 Å². The summed E-state index contributed by atoms with van der Waals surface area (Å²) >= 11 is 0. The normalized spacial score (nSPS) is 17.4. The monoisotopic (exact) mass is 115 g/mol. The number of nitrogens with zero attached hydrogens (tertiary/aromatic N) is 1. The van der Waals surface area contributed by atoms with E-state index in [4.69, 9.17) is 5.53 Å². The second kappa shape index (κ2) is 2.77. The third-order valence-electron chi connectivity index (χ3n) is 1.47.